The Morgan fingerprint density at radius 3 is 3.06 bits per heavy atom. The molecule has 1 N–H and O–H groups in total. The van der Waals surface area contributed by atoms with E-state index < -0.39 is 0 Å². The highest BCUT2D eigenvalue weighted by molar-refractivity contribution is 7.09. The lowest BCUT2D eigenvalue weighted by Crippen LogP contribution is -2.40. The van der Waals surface area contributed by atoms with E-state index in [9.17, 15) is 0 Å². The van der Waals surface area contributed by atoms with Gasteiger partial charge in [-0.05, 0) is 5.92 Å². The lowest BCUT2D eigenvalue weighted by Gasteiger charge is -2.26. The molecule has 2 heterocycles. The van der Waals surface area contributed by atoms with Crippen molar-refractivity contribution in [1.82, 2.24) is 15.2 Å². The first kappa shape index (κ1) is 12.0. The Hall–Kier alpha value is -0.450. The van der Waals surface area contributed by atoms with Crippen LogP contribution in [0.1, 0.15) is 30.5 Å². The molecule has 1 aliphatic heterocycles. The molecule has 0 aliphatic carbocycles. The molecular weight excluding hydrogens is 218 g/mol. The van der Waals surface area contributed by atoms with Crippen molar-refractivity contribution >= 4 is 11.3 Å². The zero-order valence-corrected chi connectivity index (χ0v) is 10.9. The fourth-order valence-electron chi connectivity index (χ4n) is 1.76. The topological polar surface area (TPSA) is 28.2 Å². The third-order valence-corrected chi connectivity index (χ3v) is 3.77. The van der Waals surface area contributed by atoms with Gasteiger partial charge in [-0.25, -0.2) is 4.98 Å². The highest BCUT2D eigenvalue weighted by Crippen LogP contribution is 2.18. The summed E-state index contributed by atoms with van der Waals surface area (Å²) in [7, 11) is 0. The summed E-state index contributed by atoms with van der Waals surface area (Å²) in [6.07, 6.45) is 1.08. The first-order chi connectivity index (χ1) is 7.75. The largest absolute Gasteiger partial charge is 0.314 e. The smallest absolute Gasteiger partial charge is 0.0941 e. The van der Waals surface area contributed by atoms with Crippen molar-refractivity contribution in [2.45, 2.75) is 26.2 Å². The molecular formula is C12H20N3S. The van der Waals surface area contributed by atoms with Gasteiger partial charge < -0.3 is 5.32 Å². The molecule has 0 aromatic carbocycles. The van der Waals surface area contributed by atoms with Crippen molar-refractivity contribution in [2.24, 2.45) is 0 Å². The predicted molar refractivity (Wildman–Crippen MR) is 68.6 cm³/mol. The van der Waals surface area contributed by atoms with Gasteiger partial charge in [0.2, 0.25) is 0 Å². The van der Waals surface area contributed by atoms with Gasteiger partial charge in [-0.1, -0.05) is 13.8 Å². The van der Waals surface area contributed by atoms with Crippen LogP contribution in [0.25, 0.3) is 0 Å². The molecule has 0 atom stereocenters. The highest BCUT2D eigenvalue weighted by Gasteiger charge is 2.11. The van der Waals surface area contributed by atoms with Crippen molar-refractivity contribution in [3.8, 4) is 0 Å². The number of thiazole rings is 1. The van der Waals surface area contributed by atoms with Crippen LogP contribution in [0.15, 0.2) is 5.38 Å². The Kier molecular flexibility index (Phi) is 4.32. The Balaban J connectivity index is 1.79. The number of nitrogens with one attached hydrogen (secondary N) is 1. The molecule has 89 valence electrons. The predicted octanol–water partition coefficient (Wildman–Crippen LogP) is 1.88. The third-order valence-electron chi connectivity index (χ3n) is 2.84. The van der Waals surface area contributed by atoms with Crippen molar-refractivity contribution in [2.75, 3.05) is 26.2 Å². The summed E-state index contributed by atoms with van der Waals surface area (Å²) in [6.45, 7) is 11.0. The summed E-state index contributed by atoms with van der Waals surface area (Å²) >= 11 is 1.80. The van der Waals surface area contributed by atoms with E-state index in [0.717, 1.165) is 32.6 Å². The Labute approximate surface area is 102 Å². The van der Waals surface area contributed by atoms with E-state index in [1.165, 1.54) is 10.7 Å². The van der Waals surface area contributed by atoms with Gasteiger partial charge in [0, 0.05) is 44.5 Å². The van der Waals surface area contributed by atoms with E-state index >= 15 is 0 Å². The first-order valence-electron chi connectivity index (χ1n) is 5.98. The van der Waals surface area contributed by atoms with Crippen molar-refractivity contribution in [3.05, 3.63) is 22.6 Å². The Bertz CT molecular complexity index is 316. The van der Waals surface area contributed by atoms with Gasteiger partial charge in [-0.15, -0.1) is 11.3 Å². The van der Waals surface area contributed by atoms with Crippen LogP contribution in [0.3, 0.4) is 0 Å². The van der Waals surface area contributed by atoms with Crippen LogP contribution in [0, 0.1) is 6.54 Å². The summed E-state index contributed by atoms with van der Waals surface area (Å²) < 4.78 is 0. The minimum Gasteiger partial charge on any atom is -0.314 e. The molecule has 1 radical (unpaired) electrons. The highest BCUT2D eigenvalue weighted by atomic mass is 32.1. The van der Waals surface area contributed by atoms with Crippen LogP contribution in [0.4, 0.5) is 0 Å². The Morgan fingerprint density at radius 1 is 1.56 bits per heavy atom. The average molecular weight is 238 g/mol. The monoisotopic (exact) mass is 238 g/mol. The first-order valence-corrected chi connectivity index (χ1v) is 6.86. The number of nitrogens with zero attached hydrogens (tertiary/aromatic N) is 2. The van der Waals surface area contributed by atoms with E-state index in [-0.39, 0.29) is 0 Å². The van der Waals surface area contributed by atoms with Gasteiger partial charge in [0.05, 0.1) is 10.7 Å². The molecule has 0 amide bonds. The number of rotatable bonds is 4. The molecule has 3 nitrogen and oxygen atoms in total. The molecule has 0 unspecified atom stereocenters. The van der Waals surface area contributed by atoms with Gasteiger partial charge >= 0.3 is 0 Å². The summed E-state index contributed by atoms with van der Waals surface area (Å²) in [5.41, 5.74) is 1.24. The molecule has 4 heteroatoms. The summed E-state index contributed by atoms with van der Waals surface area (Å²) in [5.74, 6) is 0.552. The maximum Gasteiger partial charge on any atom is 0.0941 e. The molecule has 1 saturated heterocycles. The minimum absolute atomic E-state index is 0.552. The molecule has 1 aliphatic rings. The second-order valence-corrected chi connectivity index (χ2v) is 5.44. The fourth-order valence-corrected chi connectivity index (χ4v) is 2.71. The second kappa shape index (κ2) is 5.75. The fraction of sp³-hybridized carbons (Fsp3) is 0.667. The number of aromatic nitrogens is 1. The van der Waals surface area contributed by atoms with Gasteiger partial charge in [-0.3, -0.25) is 4.90 Å². The zero-order valence-electron chi connectivity index (χ0n) is 10.1. The van der Waals surface area contributed by atoms with Gasteiger partial charge in [0.25, 0.3) is 0 Å². The maximum atomic E-state index is 4.66. The molecule has 16 heavy (non-hydrogen) atoms. The number of piperazine rings is 1. The molecule has 0 bridgehead atoms. The summed E-state index contributed by atoms with van der Waals surface area (Å²) in [5, 5.41) is 6.79. The standard InChI is InChI=1S/C12H20N3S/c1-10(2)11-9-16-12(14-11)3-6-15-7-4-13-5-8-15/h7,9-10,13H,3-6,8H2,1-2H3. The lowest BCUT2D eigenvalue weighted by atomic mass is 10.2. The van der Waals surface area contributed by atoms with E-state index in [2.05, 4.69) is 41.0 Å². The third kappa shape index (κ3) is 3.27. The van der Waals surface area contributed by atoms with E-state index in [4.69, 9.17) is 0 Å². The number of hydrogen-bond acceptors (Lipinski definition) is 4. The van der Waals surface area contributed by atoms with Gasteiger partial charge in [0.15, 0.2) is 0 Å². The van der Waals surface area contributed by atoms with E-state index in [0.29, 0.717) is 5.92 Å². The van der Waals surface area contributed by atoms with Crippen LogP contribution < -0.4 is 5.32 Å². The van der Waals surface area contributed by atoms with Crippen LogP contribution in [-0.4, -0.2) is 36.1 Å². The summed E-state index contributed by atoms with van der Waals surface area (Å²) in [6, 6.07) is 0. The molecule has 2 rings (SSSR count). The van der Waals surface area contributed by atoms with Crippen molar-refractivity contribution in [3.63, 3.8) is 0 Å². The van der Waals surface area contributed by atoms with Gasteiger partial charge in [0.1, 0.15) is 0 Å². The second-order valence-electron chi connectivity index (χ2n) is 4.49. The molecule has 0 saturated carbocycles. The molecule has 1 aromatic heterocycles. The minimum atomic E-state index is 0.552. The summed E-state index contributed by atoms with van der Waals surface area (Å²) in [4.78, 5) is 7.05. The van der Waals surface area contributed by atoms with Crippen LogP contribution in [0.2, 0.25) is 0 Å². The average Bonchev–Trinajstić information content (AvgIpc) is 2.76. The molecule has 1 aromatic rings. The zero-order chi connectivity index (χ0) is 11.4. The maximum absolute atomic E-state index is 4.66. The quantitative estimate of drug-likeness (QED) is 0.868. The van der Waals surface area contributed by atoms with Crippen LogP contribution in [-0.2, 0) is 6.42 Å². The van der Waals surface area contributed by atoms with Crippen molar-refractivity contribution in [1.29, 1.82) is 0 Å². The molecule has 0 spiro atoms. The van der Waals surface area contributed by atoms with Crippen LogP contribution in [0.5, 0.6) is 0 Å². The SMILES string of the molecule is CC(C)c1csc(CCN2[CH]CNCC2)n1. The van der Waals surface area contributed by atoms with Crippen LogP contribution >= 0.6 is 11.3 Å². The molecule has 1 fully saturated rings. The lowest BCUT2D eigenvalue weighted by molar-refractivity contribution is 0.296. The Morgan fingerprint density at radius 2 is 2.44 bits per heavy atom. The van der Waals surface area contributed by atoms with E-state index in [1.807, 2.05) is 0 Å². The van der Waals surface area contributed by atoms with Gasteiger partial charge in [-0.2, -0.15) is 0 Å². The number of hydrogen-bond donors (Lipinski definition) is 1. The van der Waals surface area contributed by atoms with E-state index in [1.54, 1.807) is 11.3 Å². The normalized spacial score (nSPS) is 18.2. The van der Waals surface area contributed by atoms with Crippen molar-refractivity contribution < 1.29 is 0 Å².